The molecule has 116 valence electrons. The first kappa shape index (κ1) is 16.0. The third-order valence-electron chi connectivity index (χ3n) is 3.69. The predicted molar refractivity (Wildman–Crippen MR) is 80.6 cm³/mol. The Morgan fingerprint density at radius 3 is 2.48 bits per heavy atom. The molecule has 6 heteroatoms. The molecule has 0 saturated heterocycles. The molecule has 1 atom stereocenters. The summed E-state index contributed by atoms with van der Waals surface area (Å²) in [5.74, 6) is -1.05. The lowest BCUT2D eigenvalue weighted by atomic mass is 10.0. The monoisotopic (exact) mass is 311 g/mol. The highest BCUT2D eigenvalue weighted by molar-refractivity contribution is 7.89. The lowest BCUT2D eigenvalue weighted by molar-refractivity contribution is -0.137. The van der Waals surface area contributed by atoms with Gasteiger partial charge in [0.2, 0.25) is 10.0 Å². The highest BCUT2D eigenvalue weighted by atomic mass is 32.2. The maximum Gasteiger partial charge on any atom is 0.304 e. The molecule has 1 N–H and O–H groups in total. The van der Waals surface area contributed by atoms with Gasteiger partial charge in [0.05, 0.1) is 12.2 Å². The number of benzene rings is 1. The van der Waals surface area contributed by atoms with Crippen LogP contribution in [0.15, 0.2) is 30.3 Å². The first-order valence-corrected chi connectivity index (χ1v) is 8.77. The number of nitrogens with zero attached hydrogens (tertiary/aromatic N) is 1. The minimum Gasteiger partial charge on any atom is -0.481 e. The number of sulfonamides is 1. The van der Waals surface area contributed by atoms with Gasteiger partial charge in [-0.15, -0.1) is 0 Å². The van der Waals surface area contributed by atoms with Gasteiger partial charge in [-0.3, -0.25) is 4.79 Å². The van der Waals surface area contributed by atoms with Crippen LogP contribution in [0.5, 0.6) is 0 Å². The van der Waals surface area contributed by atoms with Crippen molar-refractivity contribution in [2.24, 2.45) is 0 Å². The van der Waals surface area contributed by atoms with Gasteiger partial charge in [-0.1, -0.05) is 37.3 Å². The van der Waals surface area contributed by atoms with Gasteiger partial charge in [0.15, 0.2) is 0 Å². The van der Waals surface area contributed by atoms with E-state index in [4.69, 9.17) is 5.11 Å². The van der Waals surface area contributed by atoms with Gasteiger partial charge >= 0.3 is 5.97 Å². The average Bonchev–Trinajstić information content (AvgIpc) is 3.23. The van der Waals surface area contributed by atoms with Crippen molar-refractivity contribution in [2.75, 3.05) is 12.3 Å². The summed E-state index contributed by atoms with van der Waals surface area (Å²) in [6, 6.07) is 9.51. The number of rotatable bonds is 8. The fourth-order valence-corrected chi connectivity index (χ4v) is 4.46. The third kappa shape index (κ3) is 4.54. The third-order valence-corrected chi connectivity index (χ3v) is 5.80. The van der Waals surface area contributed by atoms with Crippen LogP contribution in [0.25, 0.3) is 0 Å². The van der Waals surface area contributed by atoms with E-state index in [1.54, 1.807) is 0 Å². The zero-order chi connectivity index (χ0) is 15.5. The van der Waals surface area contributed by atoms with Crippen molar-refractivity contribution < 1.29 is 18.3 Å². The molecule has 1 aromatic carbocycles. The van der Waals surface area contributed by atoms with Crippen LogP contribution in [0, 0.1) is 0 Å². The van der Waals surface area contributed by atoms with Crippen LogP contribution in [0.2, 0.25) is 0 Å². The first-order chi connectivity index (χ1) is 9.90. The Hall–Kier alpha value is -1.40. The molecular formula is C15H21NO4S. The summed E-state index contributed by atoms with van der Waals surface area (Å²) < 4.78 is 26.5. The van der Waals surface area contributed by atoms with E-state index in [0.29, 0.717) is 0 Å². The molecule has 1 aliphatic rings. The second-order valence-electron chi connectivity index (χ2n) is 5.58. The van der Waals surface area contributed by atoms with E-state index in [-0.39, 0.29) is 30.7 Å². The Kier molecular flexibility index (Phi) is 5.00. The summed E-state index contributed by atoms with van der Waals surface area (Å²) >= 11 is 0. The minimum absolute atomic E-state index is 0.00248. The predicted octanol–water partition coefficient (Wildman–Crippen LogP) is 2.06. The summed E-state index contributed by atoms with van der Waals surface area (Å²) in [5.41, 5.74) is 0.982. The lowest BCUT2D eigenvalue weighted by Gasteiger charge is -2.23. The molecule has 1 aliphatic carbocycles. The molecule has 0 amide bonds. The van der Waals surface area contributed by atoms with Gasteiger partial charge in [-0.2, -0.15) is 4.31 Å². The van der Waals surface area contributed by atoms with E-state index >= 15 is 0 Å². The van der Waals surface area contributed by atoms with E-state index in [2.05, 4.69) is 0 Å². The molecule has 1 unspecified atom stereocenters. The Bertz CT molecular complexity index is 581. The van der Waals surface area contributed by atoms with E-state index in [1.807, 2.05) is 37.3 Å². The highest BCUT2D eigenvalue weighted by Crippen LogP contribution is 2.31. The summed E-state index contributed by atoms with van der Waals surface area (Å²) in [4.78, 5) is 10.7. The zero-order valence-electron chi connectivity index (χ0n) is 12.1. The number of hydrogen-bond donors (Lipinski definition) is 1. The van der Waals surface area contributed by atoms with Crippen LogP contribution in [0.1, 0.15) is 37.7 Å². The van der Waals surface area contributed by atoms with Crippen LogP contribution < -0.4 is 0 Å². The quantitative estimate of drug-likeness (QED) is 0.797. The van der Waals surface area contributed by atoms with Crippen molar-refractivity contribution in [2.45, 2.75) is 38.1 Å². The smallest absolute Gasteiger partial charge is 0.304 e. The molecule has 1 aromatic rings. The molecule has 0 spiro atoms. The molecule has 5 nitrogen and oxygen atoms in total. The maximum absolute atomic E-state index is 12.5. The summed E-state index contributed by atoms with van der Waals surface area (Å²) in [6.45, 7) is 1.96. The lowest BCUT2D eigenvalue weighted by Crippen LogP contribution is -2.37. The largest absolute Gasteiger partial charge is 0.481 e. The SMILES string of the molecule is CC(CS(=O)(=O)N(CCC(=O)O)C1CC1)c1ccccc1. The van der Waals surface area contributed by atoms with Crippen molar-refractivity contribution in [3.63, 3.8) is 0 Å². The number of hydrogen-bond acceptors (Lipinski definition) is 3. The molecule has 1 fully saturated rings. The Morgan fingerprint density at radius 2 is 1.95 bits per heavy atom. The van der Waals surface area contributed by atoms with Crippen molar-refractivity contribution in [1.29, 1.82) is 0 Å². The van der Waals surface area contributed by atoms with E-state index in [0.717, 1.165) is 18.4 Å². The van der Waals surface area contributed by atoms with Crippen LogP contribution in [-0.2, 0) is 14.8 Å². The molecule has 0 heterocycles. The molecule has 0 radical (unpaired) electrons. The number of carboxylic acids is 1. The number of aliphatic carboxylic acids is 1. The van der Waals surface area contributed by atoms with E-state index < -0.39 is 16.0 Å². The number of carbonyl (C=O) groups is 1. The van der Waals surface area contributed by atoms with Gasteiger partial charge in [-0.25, -0.2) is 8.42 Å². The first-order valence-electron chi connectivity index (χ1n) is 7.16. The Morgan fingerprint density at radius 1 is 1.33 bits per heavy atom. The molecule has 0 bridgehead atoms. The second kappa shape index (κ2) is 6.58. The van der Waals surface area contributed by atoms with E-state index in [1.165, 1.54) is 4.31 Å². The average molecular weight is 311 g/mol. The van der Waals surface area contributed by atoms with Crippen molar-refractivity contribution in [1.82, 2.24) is 4.31 Å². The van der Waals surface area contributed by atoms with Gasteiger partial charge in [0, 0.05) is 12.6 Å². The fraction of sp³-hybridized carbons (Fsp3) is 0.533. The van der Waals surface area contributed by atoms with Crippen LogP contribution >= 0.6 is 0 Å². The van der Waals surface area contributed by atoms with Crippen molar-refractivity contribution in [3.8, 4) is 0 Å². The minimum atomic E-state index is -3.43. The van der Waals surface area contributed by atoms with Gasteiger partial charge in [0.25, 0.3) is 0 Å². The van der Waals surface area contributed by atoms with Crippen LogP contribution in [-0.4, -0.2) is 42.1 Å². The molecule has 0 aromatic heterocycles. The number of carboxylic acid groups (broad SMARTS) is 1. The van der Waals surface area contributed by atoms with Gasteiger partial charge in [0.1, 0.15) is 0 Å². The van der Waals surface area contributed by atoms with Gasteiger partial charge in [-0.05, 0) is 24.3 Å². The Balaban J connectivity index is 2.06. The maximum atomic E-state index is 12.5. The molecule has 0 aliphatic heterocycles. The van der Waals surface area contributed by atoms with Crippen LogP contribution in [0.4, 0.5) is 0 Å². The second-order valence-corrected chi connectivity index (χ2v) is 7.54. The fourth-order valence-electron chi connectivity index (χ4n) is 2.41. The zero-order valence-corrected chi connectivity index (χ0v) is 12.9. The molecule has 1 saturated carbocycles. The van der Waals surface area contributed by atoms with Crippen LogP contribution in [0.3, 0.4) is 0 Å². The Labute approximate surface area is 125 Å². The molecular weight excluding hydrogens is 290 g/mol. The molecule has 2 rings (SSSR count). The molecule has 21 heavy (non-hydrogen) atoms. The van der Waals surface area contributed by atoms with E-state index in [9.17, 15) is 13.2 Å². The highest BCUT2D eigenvalue weighted by Gasteiger charge is 2.37. The standard InChI is InChI=1S/C15H21NO4S/c1-12(13-5-3-2-4-6-13)11-21(19,20)16(14-7-8-14)10-9-15(17)18/h2-6,12,14H,7-11H2,1H3,(H,17,18). The van der Waals surface area contributed by atoms with Crippen molar-refractivity contribution in [3.05, 3.63) is 35.9 Å². The topological polar surface area (TPSA) is 74.7 Å². The van der Waals surface area contributed by atoms with Gasteiger partial charge < -0.3 is 5.11 Å². The summed E-state index contributed by atoms with van der Waals surface area (Å²) in [5, 5.41) is 8.77. The van der Waals surface area contributed by atoms with Crippen molar-refractivity contribution >= 4 is 16.0 Å². The normalized spacial score (nSPS) is 16.9. The summed E-state index contributed by atoms with van der Waals surface area (Å²) in [7, 11) is -3.43. The summed E-state index contributed by atoms with van der Waals surface area (Å²) in [6.07, 6.45) is 1.52.